The van der Waals surface area contributed by atoms with Gasteiger partial charge in [-0.25, -0.2) is 4.98 Å². The third-order valence-electron chi connectivity index (χ3n) is 3.87. The Kier molecular flexibility index (Phi) is 3.09. The van der Waals surface area contributed by atoms with Crippen LogP contribution in [0.3, 0.4) is 0 Å². The number of anilines is 1. The first-order chi connectivity index (χ1) is 9.40. The average Bonchev–Trinajstić information content (AvgIpc) is 2.81. The second-order valence-electron chi connectivity index (χ2n) is 5.05. The Balaban J connectivity index is 1.44. The number of thiazole rings is 1. The van der Waals surface area contributed by atoms with Gasteiger partial charge in [-0.2, -0.15) is 11.8 Å². The fraction of sp³-hybridized carbons (Fsp3) is 0.538. The Morgan fingerprint density at radius 1 is 1.21 bits per heavy atom. The highest BCUT2D eigenvalue weighted by Gasteiger charge is 2.33. The molecule has 2 aliphatic heterocycles. The number of fused-ring (bicyclic) bond motifs is 1. The second kappa shape index (κ2) is 4.92. The highest BCUT2D eigenvalue weighted by Crippen LogP contribution is 2.32. The van der Waals surface area contributed by atoms with Gasteiger partial charge in [-0.15, -0.1) is 0 Å². The number of nitrogens with zero attached hydrogens (tertiary/aromatic N) is 4. The predicted molar refractivity (Wildman–Crippen MR) is 82.3 cm³/mol. The number of hydrogen-bond acceptors (Lipinski definition) is 6. The fourth-order valence-electron chi connectivity index (χ4n) is 2.69. The molecule has 0 bridgehead atoms. The zero-order chi connectivity index (χ0) is 12.7. The van der Waals surface area contributed by atoms with Gasteiger partial charge in [0.2, 0.25) is 0 Å². The molecule has 2 fully saturated rings. The molecule has 4 heterocycles. The van der Waals surface area contributed by atoms with Gasteiger partial charge in [-0.3, -0.25) is 9.88 Å². The predicted octanol–water partition coefficient (Wildman–Crippen LogP) is 1.93. The first-order valence-electron chi connectivity index (χ1n) is 6.67. The Hall–Kier alpha value is -0.850. The van der Waals surface area contributed by atoms with E-state index in [0.717, 1.165) is 29.8 Å². The Morgan fingerprint density at radius 2 is 2.05 bits per heavy atom. The molecule has 0 spiro atoms. The molecule has 4 rings (SSSR count). The lowest BCUT2D eigenvalue weighted by Crippen LogP contribution is -2.61. The maximum atomic E-state index is 4.67. The molecule has 2 saturated heterocycles. The highest BCUT2D eigenvalue weighted by molar-refractivity contribution is 7.99. The van der Waals surface area contributed by atoms with Crippen molar-refractivity contribution in [1.82, 2.24) is 14.9 Å². The van der Waals surface area contributed by atoms with Crippen LogP contribution in [0, 0.1) is 0 Å². The van der Waals surface area contributed by atoms with Crippen LogP contribution in [0.2, 0.25) is 0 Å². The first kappa shape index (κ1) is 11.9. The van der Waals surface area contributed by atoms with E-state index >= 15 is 0 Å². The van der Waals surface area contributed by atoms with Crippen LogP contribution in [0.1, 0.15) is 0 Å². The zero-order valence-electron chi connectivity index (χ0n) is 10.7. The monoisotopic (exact) mass is 292 g/mol. The van der Waals surface area contributed by atoms with Crippen LogP contribution in [-0.4, -0.2) is 58.6 Å². The minimum atomic E-state index is 0.742. The van der Waals surface area contributed by atoms with Crippen molar-refractivity contribution < 1.29 is 0 Å². The molecular weight excluding hydrogens is 276 g/mol. The summed E-state index contributed by atoms with van der Waals surface area (Å²) in [6.07, 6.45) is 3.70. The molecule has 0 radical (unpaired) electrons. The minimum absolute atomic E-state index is 0.742. The summed E-state index contributed by atoms with van der Waals surface area (Å²) in [5.74, 6) is 2.59. The molecule has 2 aliphatic rings. The smallest absolute Gasteiger partial charge is 0.186 e. The standard InChI is InChI=1S/C13H16N4S2/c1-2-14-7-11-12(1)19-13(15-11)17-8-10(9-17)16-3-5-18-6-4-16/h1-2,7,10H,3-6,8-9H2. The molecule has 0 aromatic carbocycles. The maximum Gasteiger partial charge on any atom is 0.186 e. The van der Waals surface area contributed by atoms with Gasteiger partial charge in [0, 0.05) is 49.9 Å². The number of hydrogen-bond donors (Lipinski definition) is 0. The minimum Gasteiger partial charge on any atom is -0.345 e. The normalized spacial score (nSPS) is 21.8. The second-order valence-corrected chi connectivity index (χ2v) is 7.28. The number of thioether (sulfide) groups is 1. The van der Waals surface area contributed by atoms with Gasteiger partial charge in [0.15, 0.2) is 5.13 Å². The zero-order valence-corrected chi connectivity index (χ0v) is 12.3. The third kappa shape index (κ3) is 2.22. The van der Waals surface area contributed by atoms with E-state index < -0.39 is 0 Å². The van der Waals surface area contributed by atoms with Crippen molar-refractivity contribution in [2.45, 2.75) is 6.04 Å². The van der Waals surface area contributed by atoms with Gasteiger partial charge in [0.25, 0.3) is 0 Å². The van der Waals surface area contributed by atoms with E-state index in [4.69, 9.17) is 0 Å². The van der Waals surface area contributed by atoms with Crippen molar-refractivity contribution in [3.63, 3.8) is 0 Å². The van der Waals surface area contributed by atoms with Gasteiger partial charge in [-0.05, 0) is 6.07 Å². The summed E-state index contributed by atoms with van der Waals surface area (Å²) in [4.78, 5) is 13.8. The average molecular weight is 292 g/mol. The van der Waals surface area contributed by atoms with Crippen LogP contribution in [0.4, 0.5) is 5.13 Å². The molecule has 2 aromatic heterocycles. The Bertz CT molecular complexity index is 540. The lowest BCUT2D eigenvalue weighted by Gasteiger charge is -2.46. The van der Waals surface area contributed by atoms with Gasteiger partial charge in [-0.1, -0.05) is 11.3 Å². The quantitative estimate of drug-likeness (QED) is 0.844. The van der Waals surface area contributed by atoms with Crippen LogP contribution < -0.4 is 4.90 Å². The van der Waals surface area contributed by atoms with E-state index in [1.54, 1.807) is 11.3 Å². The van der Waals surface area contributed by atoms with Crippen LogP contribution >= 0.6 is 23.1 Å². The summed E-state index contributed by atoms with van der Waals surface area (Å²) in [6.45, 7) is 4.79. The summed E-state index contributed by atoms with van der Waals surface area (Å²) in [6, 6.07) is 2.79. The van der Waals surface area contributed by atoms with Crippen molar-refractivity contribution in [2.24, 2.45) is 0 Å². The SMILES string of the molecule is c1cc2sc(N3CC(N4CCSCC4)C3)nc2cn1. The Labute approximate surface area is 120 Å². The number of aromatic nitrogens is 2. The van der Waals surface area contributed by atoms with E-state index in [1.165, 1.54) is 29.3 Å². The van der Waals surface area contributed by atoms with E-state index in [-0.39, 0.29) is 0 Å². The summed E-state index contributed by atoms with van der Waals surface area (Å²) in [5, 5.41) is 1.16. The van der Waals surface area contributed by atoms with Crippen LogP contribution in [0.15, 0.2) is 18.5 Å². The largest absolute Gasteiger partial charge is 0.345 e. The van der Waals surface area contributed by atoms with Gasteiger partial charge < -0.3 is 4.90 Å². The molecule has 19 heavy (non-hydrogen) atoms. The summed E-state index contributed by atoms with van der Waals surface area (Å²) >= 11 is 3.86. The van der Waals surface area contributed by atoms with Crippen LogP contribution in [0.5, 0.6) is 0 Å². The lowest BCUT2D eigenvalue weighted by molar-refractivity contribution is 0.183. The van der Waals surface area contributed by atoms with E-state index in [9.17, 15) is 0 Å². The van der Waals surface area contributed by atoms with Gasteiger partial charge in [0.1, 0.15) is 5.52 Å². The third-order valence-corrected chi connectivity index (χ3v) is 5.91. The molecule has 100 valence electrons. The molecule has 0 saturated carbocycles. The Morgan fingerprint density at radius 3 is 2.84 bits per heavy atom. The molecule has 4 nitrogen and oxygen atoms in total. The molecular formula is C13H16N4S2. The van der Waals surface area contributed by atoms with Crippen molar-refractivity contribution in [3.05, 3.63) is 18.5 Å². The summed E-state index contributed by atoms with van der Waals surface area (Å²) in [5.41, 5.74) is 1.03. The van der Waals surface area contributed by atoms with Crippen molar-refractivity contribution in [2.75, 3.05) is 42.6 Å². The lowest BCUT2D eigenvalue weighted by atomic mass is 10.1. The summed E-state index contributed by atoms with van der Waals surface area (Å²) in [7, 11) is 0. The molecule has 0 N–H and O–H groups in total. The van der Waals surface area contributed by atoms with Gasteiger partial charge >= 0.3 is 0 Å². The maximum absolute atomic E-state index is 4.67. The van der Waals surface area contributed by atoms with E-state index in [0.29, 0.717) is 0 Å². The first-order valence-corrected chi connectivity index (χ1v) is 8.64. The van der Waals surface area contributed by atoms with Crippen molar-refractivity contribution in [1.29, 1.82) is 0 Å². The van der Waals surface area contributed by atoms with E-state index in [2.05, 4.69) is 37.6 Å². The van der Waals surface area contributed by atoms with Gasteiger partial charge in [0.05, 0.1) is 10.9 Å². The molecule has 6 heteroatoms. The van der Waals surface area contributed by atoms with E-state index in [1.807, 2.05) is 12.4 Å². The summed E-state index contributed by atoms with van der Waals surface area (Å²) < 4.78 is 1.24. The van der Waals surface area contributed by atoms with Crippen LogP contribution in [-0.2, 0) is 0 Å². The molecule has 0 atom stereocenters. The fourth-order valence-corrected chi connectivity index (χ4v) is 4.57. The van der Waals surface area contributed by atoms with Crippen molar-refractivity contribution in [3.8, 4) is 0 Å². The molecule has 0 amide bonds. The molecule has 2 aromatic rings. The topological polar surface area (TPSA) is 32.3 Å². The molecule has 0 unspecified atom stereocenters. The van der Waals surface area contributed by atoms with Crippen molar-refractivity contribution >= 4 is 38.4 Å². The number of rotatable bonds is 2. The highest BCUT2D eigenvalue weighted by atomic mass is 32.2. The number of pyridine rings is 1. The van der Waals surface area contributed by atoms with Crippen LogP contribution in [0.25, 0.3) is 10.2 Å². The molecule has 0 aliphatic carbocycles.